The lowest BCUT2D eigenvalue weighted by atomic mass is 9.78. The van der Waals surface area contributed by atoms with Gasteiger partial charge < -0.3 is 39.4 Å². The van der Waals surface area contributed by atoms with Crippen molar-refractivity contribution < 1.29 is 66.4 Å². The molecule has 0 spiro atoms. The van der Waals surface area contributed by atoms with Gasteiger partial charge in [-0.25, -0.2) is 0 Å². The van der Waals surface area contributed by atoms with Crippen molar-refractivity contribution in [1.29, 1.82) is 0 Å². The Balaban J connectivity index is -0.000000305. The molecular formula is C44H90O14S. The third kappa shape index (κ3) is 38.9. The second-order valence-electron chi connectivity index (χ2n) is 17.5. The first-order valence-electron chi connectivity index (χ1n) is 20.5. The molecular weight excluding hydrogens is 785 g/mol. The van der Waals surface area contributed by atoms with Gasteiger partial charge in [-0.15, -0.1) is 0 Å². The molecule has 356 valence electrons. The van der Waals surface area contributed by atoms with Crippen LogP contribution in [0.3, 0.4) is 0 Å². The van der Waals surface area contributed by atoms with E-state index in [9.17, 15) is 38.1 Å². The Morgan fingerprint density at radius 3 is 1.17 bits per heavy atom. The van der Waals surface area contributed by atoms with E-state index >= 15 is 0 Å². The number of aliphatic hydroxyl groups is 4. The predicted molar refractivity (Wildman–Crippen MR) is 235 cm³/mol. The minimum atomic E-state index is -3.34. The van der Waals surface area contributed by atoms with Gasteiger partial charge in [0.1, 0.15) is 17.0 Å². The second kappa shape index (κ2) is 32.0. The lowest BCUT2D eigenvalue weighted by Gasteiger charge is -2.36. The molecule has 15 heteroatoms. The fourth-order valence-electron chi connectivity index (χ4n) is 5.44. The Hall–Kier alpha value is -1.72. The van der Waals surface area contributed by atoms with Gasteiger partial charge in [-0.2, -0.15) is 8.42 Å². The van der Waals surface area contributed by atoms with Crippen molar-refractivity contribution >= 4 is 27.8 Å². The van der Waals surface area contributed by atoms with Crippen LogP contribution in [0.15, 0.2) is 0 Å². The van der Waals surface area contributed by atoms with Crippen LogP contribution in [0.1, 0.15) is 193 Å². The van der Waals surface area contributed by atoms with Crippen LogP contribution in [0.2, 0.25) is 0 Å². The lowest BCUT2D eigenvalue weighted by Crippen LogP contribution is -2.40. The van der Waals surface area contributed by atoms with E-state index in [-0.39, 0.29) is 59.5 Å². The summed E-state index contributed by atoms with van der Waals surface area (Å²) in [5, 5.41) is 36.9. The van der Waals surface area contributed by atoms with Crippen LogP contribution >= 0.6 is 0 Å². The van der Waals surface area contributed by atoms with E-state index in [1.165, 1.54) is 32.6 Å². The minimum Gasteiger partial charge on any atom is -0.460 e. The zero-order valence-electron chi connectivity index (χ0n) is 36.0. The maximum absolute atomic E-state index is 11.3. The van der Waals surface area contributed by atoms with Crippen molar-refractivity contribution in [3.8, 4) is 0 Å². The quantitative estimate of drug-likeness (QED) is 0.136. The molecule has 0 radical (unpaired) electrons. The molecule has 6 aliphatic rings. The Morgan fingerprint density at radius 2 is 1.00 bits per heavy atom. The fourth-order valence-corrected chi connectivity index (χ4v) is 5.83. The van der Waals surface area contributed by atoms with Gasteiger partial charge in [0.15, 0.2) is 0 Å². The van der Waals surface area contributed by atoms with E-state index in [0.717, 1.165) is 110 Å². The summed E-state index contributed by atoms with van der Waals surface area (Å²) in [6.45, 7) is 16.6. The topological polar surface area (TPSA) is 212 Å². The Labute approximate surface area is 360 Å². The summed E-state index contributed by atoms with van der Waals surface area (Å²) in [7, 11) is -3.34. The molecule has 0 aromatic rings. The molecule has 0 amide bonds. The molecule has 0 atom stereocenters. The lowest BCUT2D eigenvalue weighted by molar-refractivity contribution is -0.164. The highest BCUT2D eigenvalue weighted by Crippen LogP contribution is 2.36. The molecule has 4 aliphatic carbocycles. The van der Waals surface area contributed by atoms with E-state index in [0.29, 0.717) is 18.6 Å². The SMILES string of the molecule is C.C.C.C1CCOC1.C1CCOC1.CC(=O)OC(C)(C)C.CC(C)(C)OC(=O)CC1(O)CCC1.CS(=O)(=O)OCCC1(O)CCC1.O=C1CCC1.OCCC1(O)CCC1. The molecule has 0 aromatic heterocycles. The van der Waals surface area contributed by atoms with Crippen molar-refractivity contribution in [3.63, 3.8) is 0 Å². The highest BCUT2D eigenvalue weighted by molar-refractivity contribution is 7.85. The van der Waals surface area contributed by atoms with Crippen LogP contribution in [-0.2, 0) is 47.6 Å². The van der Waals surface area contributed by atoms with E-state index in [1.807, 2.05) is 41.5 Å². The molecule has 2 saturated heterocycles. The summed E-state index contributed by atoms with van der Waals surface area (Å²) < 4.78 is 45.4. The summed E-state index contributed by atoms with van der Waals surface area (Å²) in [4.78, 5) is 31.4. The molecule has 0 aromatic carbocycles. The summed E-state index contributed by atoms with van der Waals surface area (Å²) in [6.07, 6.45) is 18.0. The first-order chi connectivity index (χ1) is 25.8. The molecule has 59 heavy (non-hydrogen) atoms. The molecule has 6 fully saturated rings. The number of ketones is 1. The third-order valence-corrected chi connectivity index (χ3v) is 9.80. The molecule has 0 bridgehead atoms. The maximum Gasteiger partial charge on any atom is 0.309 e. The minimum absolute atomic E-state index is 0. The highest BCUT2D eigenvalue weighted by Gasteiger charge is 2.38. The van der Waals surface area contributed by atoms with Crippen LogP contribution in [0.25, 0.3) is 0 Å². The largest absolute Gasteiger partial charge is 0.460 e. The molecule has 2 heterocycles. The number of rotatable bonds is 8. The number of carbonyl (C=O) groups excluding carboxylic acids is 3. The number of hydrogen-bond donors (Lipinski definition) is 4. The first kappa shape index (κ1) is 63.9. The monoisotopic (exact) mass is 875 g/mol. The van der Waals surface area contributed by atoms with Gasteiger partial charge in [0.2, 0.25) is 0 Å². The molecule has 0 unspecified atom stereocenters. The second-order valence-corrected chi connectivity index (χ2v) is 19.1. The van der Waals surface area contributed by atoms with Gasteiger partial charge in [-0.3, -0.25) is 18.6 Å². The van der Waals surface area contributed by atoms with Gasteiger partial charge in [-0.1, -0.05) is 22.3 Å². The smallest absolute Gasteiger partial charge is 0.309 e. The van der Waals surface area contributed by atoms with Gasteiger partial charge >= 0.3 is 11.9 Å². The van der Waals surface area contributed by atoms with Gasteiger partial charge in [-0.05, 0) is 138 Å². The molecule has 4 N–H and O–H groups in total. The zero-order valence-corrected chi connectivity index (χ0v) is 36.8. The third-order valence-electron chi connectivity index (χ3n) is 9.20. The average Bonchev–Trinajstić information content (AvgIpc) is 3.77. The van der Waals surface area contributed by atoms with Crippen LogP contribution < -0.4 is 0 Å². The van der Waals surface area contributed by atoms with E-state index in [1.54, 1.807) is 0 Å². The van der Waals surface area contributed by atoms with Crippen LogP contribution in [0.5, 0.6) is 0 Å². The maximum atomic E-state index is 11.3. The Kier molecular flexibility index (Phi) is 34.7. The normalized spacial score (nSPS) is 19.8. The number of Topliss-reactive ketones (excluding diaryl/α,β-unsaturated/α-hetero) is 1. The van der Waals surface area contributed by atoms with Gasteiger partial charge in [0, 0.05) is 59.2 Å². The number of ether oxygens (including phenoxy) is 4. The average molecular weight is 875 g/mol. The highest BCUT2D eigenvalue weighted by atomic mass is 32.2. The van der Waals surface area contributed by atoms with Crippen molar-refractivity contribution in [3.05, 3.63) is 0 Å². The van der Waals surface area contributed by atoms with Gasteiger partial charge in [0.05, 0.1) is 36.1 Å². The number of hydrogen-bond acceptors (Lipinski definition) is 14. The van der Waals surface area contributed by atoms with Crippen LogP contribution in [0, 0.1) is 0 Å². The predicted octanol–water partition coefficient (Wildman–Crippen LogP) is 7.77. The number of carbonyl (C=O) groups is 3. The molecule has 4 saturated carbocycles. The van der Waals surface area contributed by atoms with Crippen molar-refractivity contribution in [2.75, 3.05) is 45.9 Å². The van der Waals surface area contributed by atoms with E-state index < -0.39 is 32.5 Å². The van der Waals surface area contributed by atoms with Crippen LogP contribution in [-0.4, -0.2) is 120 Å². The number of aliphatic hydroxyl groups excluding tert-OH is 1. The van der Waals surface area contributed by atoms with Gasteiger partial charge in [0.25, 0.3) is 10.1 Å². The molecule has 14 nitrogen and oxygen atoms in total. The van der Waals surface area contributed by atoms with Crippen molar-refractivity contribution in [2.24, 2.45) is 0 Å². The molecule has 6 rings (SSSR count). The summed E-state index contributed by atoms with van der Waals surface area (Å²) >= 11 is 0. The zero-order chi connectivity index (χ0) is 42.9. The van der Waals surface area contributed by atoms with E-state index in [4.69, 9.17) is 24.1 Å². The summed E-state index contributed by atoms with van der Waals surface area (Å²) in [6, 6.07) is 0. The molecule has 2 aliphatic heterocycles. The Bertz CT molecular complexity index is 1160. The standard InChI is InChI=1S/C10H18O3.C7H14O4S.2C6H12O2.2C4H8O.C4H6O.3CH4/c1-9(2,3)13-8(11)7-10(12)5-4-6-10;1-12(9,10)11-6-5-7(8)3-2-4-7;7-5-4-6(8)2-1-3-6;1-5(7)8-6(2,3)4;2*1-2-4-5-3-1;5-4-2-1-3-4;;;/h12H,4-7H2,1-3H3;8H,2-6H2,1H3;7-8H,1-5H2;1-4H3;2*1-4H2;1-3H2;3*1H4. The summed E-state index contributed by atoms with van der Waals surface area (Å²) in [5.74, 6) is -0.0859. The first-order valence-corrected chi connectivity index (χ1v) is 22.3. The number of esters is 2. The Morgan fingerprint density at radius 1 is 0.644 bits per heavy atom. The van der Waals surface area contributed by atoms with Crippen LogP contribution in [0.4, 0.5) is 0 Å². The summed E-state index contributed by atoms with van der Waals surface area (Å²) in [5.41, 5.74) is -2.66. The van der Waals surface area contributed by atoms with Crippen molar-refractivity contribution in [2.45, 2.75) is 221 Å². The van der Waals surface area contributed by atoms with Crippen molar-refractivity contribution in [1.82, 2.24) is 0 Å². The van der Waals surface area contributed by atoms with E-state index in [2.05, 4.69) is 4.18 Å². The fraction of sp³-hybridized carbons (Fsp3) is 0.932.